The van der Waals surface area contributed by atoms with Crippen LogP contribution in [0.4, 0.5) is 0 Å². The van der Waals surface area contributed by atoms with Gasteiger partial charge in [0.1, 0.15) is 12.1 Å². The highest BCUT2D eigenvalue weighted by atomic mass is 16.2. The zero-order valence-corrected chi connectivity index (χ0v) is 30.0. The van der Waals surface area contributed by atoms with Gasteiger partial charge in [0.2, 0.25) is 23.6 Å². The number of carbonyl (C=O) groups is 4. The number of nitrogens with zero attached hydrogens (tertiary/aromatic N) is 4. The molecule has 256 valence electrons. The van der Waals surface area contributed by atoms with Gasteiger partial charge in [0.25, 0.3) is 0 Å². The molecule has 0 unspecified atom stereocenters. The maximum Gasteiger partial charge on any atom is 0.249 e. The van der Waals surface area contributed by atoms with E-state index < -0.39 is 17.5 Å². The number of hydrogen-bond acceptors (Lipinski definition) is 5. The Morgan fingerprint density at radius 1 is 0.935 bits per heavy atom. The third-order valence-corrected chi connectivity index (χ3v) is 9.58. The lowest BCUT2D eigenvalue weighted by atomic mass is 9.84. The number of amides is 4. The molecule has 1 N–H and O–H groups in total. The third-order valence-electron chi connectivity index (χ3n) is 9.58. The summed E-state index contributed by atoms with van der Waals surface area (Å²) in [6, 6.07) is 8.22. The van der Waals surface area contributed by atoms with Crippen molar-refractivity contribution in [2.45, 2.75) is 124 Å². The SMILES string of the molecule is C/C(=C\[C@H](C(C)C)N(C)C(=O)[C@@H](NC(=O)[C@H]1CCCCN1C(C)C)C(C)(C)C)C(=O)N1CCC[C@H]1C(=O)N(C)Cc1ccccc1. The number of rotatable bonds is 11. The summed E-state index contributed by atoms with van der Waals surface area (Å²) in [4.78, 5) is 62.4. The number of piperidine rings is 1. The van der Waals surface area contributed by atoms with Gasteiger partial charge >= 0.3 is 0 Å². The van der Waals surface area contributed by atoms with Crippen molar-refractivity contribution in [1.29, 1.82) is 0 Å². The molecule has 1 aromatic rings. The van der Waals surface area contributed by atoms with E-state index in [0.29, 0.717) is 25.1 Å². The van der Waals surface area contributed by atoms with Crippen LogP contribution in [0, 0.1) is 11.3 Å². The van der Waals surface area contributed by atoms with E-state index in [0.717, 1.165) is 37.8 Å². The number of likely N-dealkylation sites (tertiary alicyclic amines) is 2. The topological polar surface area (TPSA) is 93.3 Å². The summed E-state index contributed by atoms with van der Waals surface area (Å²) in [5.74, 6) is -0.509. The first kappa shape index (κ1) is 37.3. The second-order valence-corrected chi connectivity index (χ2v) is 15.0. The van der Waals surface area contributed by atoms with Crippen molar-refractivity contribution in [2.75, 3.05) is 27.2 Å². The van der Waals surface area contributed by atoms with Crippen molar-refractivity contribution < 1.29 is 19.2 Å². The van der Waals surface area contributed by atoms with Crippen LogP contribution in [0.1, 0.15) is 93.1 Å². The fraction of sp³-hybridized carbons (Fsp3) is 0.676. The maximum absolute atomic E-state index is 14.2. The molecule has 0 aliphatic carbocycles. The maximum atomic E-state index is 14.2. The van der Waals surface area contributed by atoms with Crippen LogP contribution in [0.2, 0.25) is 0 Å². The van der Waals surface area contributed by atoms with E-state index >= 15 is 0 Å². The Hall–Kier alpha value is -3.20. The molecule has 4 amide bonds. The summed E-state index contributed by atoms with van der Waals surface area (Å²) < 4.78 is 0. The van der Waals surface area contributed by atoms with Gasteiger partial charge in [-0.1, -0.05) is 77.4 Å². The predicted octanol–water partition coefficient (Wildman–Crippen LogP) is 4.86. The molecule has 9 nitrogen and oxygen atoms in total. The average molecular weight is 638 g/mol. The number of likely N-dealkylation sites (N-methyl/N-ethyl adjacent to an activating group) is 2. The molecule has 2 fully saturated rings. The summed E-state index contributed by atoms with van der Waals surface area (Å²) in [7, 11) is 3.54. The monoisotopic (exact) mass is 637 g/mol. The van der Waals surface area contributed by atoms with E-state index in [9.17, 15) is 19.2 Å². The van der Waals surface area contributed by atoms with Gasteiger partial charge in [0.05, 0.1) is 12.1 Å². The Kier molecular flexibility index (Phi) is 13.0. The Balaban J connectivity index is 1.77. The second kappa shape index (κ2) is 16.1. The van der Waals surface area contributed by atoms with E-state index in [1.807, 2.05) is 71.0 Å². The molecule has 2 aliphatic heterocycles. The molecule has 0 spiro atoms. The van der Waals surface area contributed by atoms with E-state index in [1.54, 1.807) is 35.7 Å². The Morgan fingerprint density at radius 2 is 1.57 bits per heavy atom. The molecule has 0 radical (unpaired) electrons. The first-order valence-electron chi connectivity index (χ1n) is 17.2. The van der Waals surface area contributed by atoms with Crippen LogP contribution in [0.5, 0.6) is 0 Å². The number of benzene rings is 1. The standard InChI is InChI=1S/C37H59N5O4/c1-25(2)31(40(10)36(46)32(37(6,7)8)38-33(43)29-19-14-15-21-41(29)26(3)4)23-27(5)34(44)42-22-16-20-30(42)35(45)39(9)24-28-17-12-11-13-18-28/h11-13,17-18,23,25-26,29-32H,14-16,19-22,24H2,1-10H3,(H,38,43)/b27-23+/t29-,30+,31-,32-/m1/s1. The van der Waals surface area contributed by atoms with Crippen LogP contribution >= 0.6 is 0 Å². The molecule has 0 bridgehead atoms. The predicted molar refractivity (Wildman–Crippen MR) is 184 cm³/mol. The normalized spacial score (nSPS) is 20.9. The number of carbonyl (C=O) groups excluding carboxylic acids is 4. The van der Waals surface area contributed by atoms with E-state index in [4.69, 9.17) is 0 Å². The van der Waals surface area contributed by atoms with Gasteiger partial charge in [0, 0.05) is 38.8 Å². The van der Waals surface area contributed by atoms with Gasteiger partial charge in [0.15, 0.2) is 0 Å². The van der Waals surface area contributed by atoms with Crippen molar-refractivity contribution in [2.24, 2.45) is 11.3 Å². The van der Waals surface area contributed by atoms with Crippen molar-refractivity contribution >= 4 is 23.6 Å². The molecule has 1 aromatic carbocycles. The summed E-state index contributed by atoms with van der Waals surface area (Å²) in [5.41, 5.74) is 1.02. The Labute approximate surface area is 277 Å². The van der Waals surface area contributed by atoms with Crippen LogP contribution < -0.4 is 5.32 Å². The lowest BCUT2D eigenvalue weighted by molar-refractivity contribution is -0.142. The Morgan fingerprint density at radius 3 is 2.15 bits per heavy atom. The van der Waals surface area contributed by atoms with Crippen LogP contribution in [0.15, 0.2) is 42.0 Å². The summed E-state index contributed by atoms with van der Waals surface area (Å²) >= 11 is 0. The molecule has 0 saturated carbocycles. The van der Waals surface area contributed by atoms with Gasteiger partial charge in [-0.2, -0.15) is 0 Å². The van der Waals surface area contributed by atoms with Gasteiger partial charge in [-0.15, -0.1) is 0 Å². The molecule has 4 atom stereocenters. The highest BCUT2D eigenvalue weighted by molar-refractivity contribution is 5.97. The highest BCUT2D eigenvalue weighted by Gasteiger charge is 2.40. The van der Waals surface area contributed by atoms with Crippen LogP contribution in [0.25, 0.3) is 0 Å². The van der Waals surface area contributed by atoms with Gasteiger partial charge in [-0.25, -0.2) is 0 Å². The van der Waals surface area contributed by atoms with E-state index in [-0.39, 0.29) is 47.7 Å². The van der Waals surface area contributed by atoms with Crippen LogP contribution in [-0.2, 0) is 25.7 Å². The first-order valence-corrected chi connectivity index (χ1v) is 17.2. The minimum absolute atomic E-state index is 0.0100. The number of nitrogens with one attached hydrogen (secondary N) is 1. The van der Waals surface area contributed by atoms with Crippen molar-refractivity contribution in [3.8, 4) is 0 Å². The second-order valence-electron chi connectivity index (χ2n) is 15.0. The number of hydrogen-bond donors (Lipinski definition) is 1. The molecule has 2 saturated heterocycles. The quantitative estimate of drug-likeness (QED) is 0.350. The average Bonchev–Trinajstić information content (AvgIpc) is 3.50. The third kappa shape index (κ3) is 9.20. The molecule has 3 rings (SSSR count). The van der Waals surface area contributed by atoms with Crippen molar-refractivity contribution in [3.05, 3.63) is 47.5 Å². The zero-order chi connectivity index (χ0) is 34.3. The Bertz CT molecular complexity index is 1240. The molecular formula is C37H59N5O4. The summed E-state index contributed by atoms with van der Waals surface area (Å²) in [6.07, 6.45) is 6.11. The zero-order valence-electron chi connectivity index (χ0n) is 30.0. The van der Waals surface area contributed by atoms with Crippen LogP contribution in [-0.4, -0.2) is 101 Å². The molecule has 0 aromatic heterocycles. The smallest absolute Gasteiger partial charge is 0.249 e. The minimum atomic E-state index is -0.729. The summed E-state index contributed by atoms with van der Waals surface area (Å²) in [5, 5.41) is 3.14. The van der Waals surface area contributed by atoms with E-state index in [1.165, 1.54) is 0 Å². The molecular weight excluding hydrogens is 578 g/mol. The first-order chi connectivity index (χ1) is 21.5. The lowest BCUT2D eigenvalue weighted by Crippen LogP contribution is -2.60. The lowest BCUT2D eigenvalue weighted by Gasteiger charge is -2.41. The summed E-state index contributed by atoms with van der Waals surface area (Å²) in [6.45, 7) is 17.8. The van der Waals surface area contributed by atoms with Crippen LogP contribution in [0.3, 0.4) is 0 Å². The highest BCUT2D eigenvalue weighted by Crippen LogP contribution is 2.27. The van der Waals surface area contributed by atoms with Crippen molar-refractivity contribution in [1.82, 2.24) is 24.9 Å². The molecule has 46 heavy (non-hydrogen) atoms. The van der Waals surface area contributed by atoms with E-state index in [2.05, 4.69) is 24.1 Å². The fourth-order valence-electron chi connectivity index (χ4n) is 6.85. The minimum Gasteiger partial charge on any atom is -0.342 e. The molecule has 2 aliphatic rings. The van der Waals surface area contributed by atoms with Gasteiger partial charge < -0.3 is 20.0 Å². The van der Waals surface area contributed by atoms with Gasteiger partial charge in [-0.05, 0) is 69.9 Å². The fourth-order valence-corrected chi connectivity index (χ4v) is 6.85. The van der Waals surface area contributed by atoms with Crippen molar-refractivity contribution in [3.63, 3.8) is 0 Å². The molecule has 2 heterocycles. The largest absolute Gasteiger partial charge is 0.342 e. The van der Waals surface area contributed by atoms with Gasteiger partial charge in [-0.3, -0.25) is 24.1 Å². The molecule has 9 heteroatoms.